The molecule has 0 aliphatic carbocycles. The molecule has 0 amide bonds. The first kappa shape index (κ1) is 14.2. The fourth-order valence-corrected chi connectivity index (χ4v) is 1.63. The molecule has 0 aliphatic heterocycles. The fourth-order valence-electron chi connectivity index (χ4n) is 1.63. The average molecular weight is 236 g/mol. The highest BCUT2D eigenvalue weighted by atomic mass is 16.5. The molecule has 0 radical (unpaired) electrons. The molecule has 0 spiro atoms. The summed E-state index contributed by atoms with van der Waals surface area (Å²) in [6, 6.07) is 10.1. The van der Waals surface area contributed by atoms with Crippen LogP contribution in [0.2, 0.25) is 0 Å². The third-order valence-corrected chi connectivity index (χ3v) is 2.75. The van der Waals surface area contributed by atoms with Crippen LogP contribution in [0.25, 0.3) is 0 Å². The van der Waals surface area contributed by atoms with Crippen molar-refractivity contribution in [1.29, 1.82) is 0 Å². The summed E-state index contributed by atoms with van der Waals surface area (Å²) in [4.78, 5) is 0. The van der Waals surface area contributed by atoms with Gasteiger partial charge in [0.25, 0.3) is 0 Å². The first-order valence-electron chi connectivity index (χ1n) is 6.48. The van der Waals surface area contributed by atoms with Crippen molar-refractivity contribution < 1.29 is 9.84 Å². The largest absolute Gasteiger partial charge is 0.393 e. The molecule has 1 unspecified atom stereocenters. The summed E-state index contributed by atoms with van der Waals surface area (Å²) < 4.78 is 5.49. The maximum Gasteiger partial charge on any atom is 0.0602 e. The van der Waals surface area contributed by atoms with Crippen molar-refractivity contribution in [2.45, 2.75) is 39.2 Å². The molecular weight excluding hydrogens is 212 g/mol. The predicted octanol–water partition coefficient (Wildman–Crippen LogP) is 3.04. The Balaban J connectivity index is 2.07. The Morgan fingerprint density at radius 3 is 2.35 bits per heavy atom. The predicted molar refractivity (Wildman–Crippen MR) is 71.0 cm³/mol. The van der Waals surface area contributed by atoms with E-state index in [0.717, 1.165) is 13.0 Å². The Hall–Kier alpha value is -0.860. The van der Waals surface area contributed by atoms with Gasteiger partial charge in [-0.05, 0) is 30.7 Å². The van der Waals surface area contributed by atoms with E-state index in [9.17, 15) is 5.11 Å². The van der Waals surface area contributed by atoms with Gasteiger partial charge in [-0.25, -0.2) is 0 Å². The molecule has 1 N–H and O–H groups in total. The van der Waals surface area contributed by atoms with Gasteiger partial charge in [-0.3, -0.25) is 0 Å². The molecule has 2 heteroatoms. The summed E-state index contributed by atoms with van der Waals surface area (Å²) in [5.74, 6) is 0.684. The Morgan fingerprint density at radius 2 is 1.71 bits per heavy atom. The minimum Gasteiger partial charge on any atom is -0.393 e. The highest BCUT2D eigenvalue weighted by molar-refractivity contribution is 5.15. The molecule has 2 nitrogen and oxygen atoms in total. The Labute approximate surface area is 105 Å². The van der Waals surface area contributed by atoms with Crippen molar-refractivity contribution in [3.05, 3.63) is 35.9 Å². The molecule has 1 rings (SSSR count). The maximum atomic E-state index is 9.83. The highest BCUT2D eigenvalue weighted by Crippen LogP contribution is 2.06. The number of ether oxygens (including phenoxy) is 1. The van der Waals surface area contributed by atoms with E-state index in [1.165, 1.54) is 5.56 Å². The molecule has 96 valence electrons. The van der Waals surface area contributed by atoms with E-state index in [1.54, 1.807) is 0 Å². The van der Waals surface area contributed by atoms with Crippen molar-refractivity contribution in [3.63, 3.8) is 0 Å². The Kier molecular flexibility index (Phi) is 6.90. The fraction of sp³-hybridized carbons (Fsp3) is 0.600. The van der Waals surface area contributed by atoms with Gasteiger partial charge in [0.15, 0.2) is 0 Å². The quantitative estimate of drug-likeness (QED) is 0.703. The van der Waals surface area contributed by atoms with E-state index >= 15 is 0 Å². The molecule has 0 fully saturated rings. The molecule has 0 saturated carbocycles. The average Bonchev–Trinajstić information content (AvgIpc) is 2.29. The van der Waals surface area contributed by atoms with Gasteiger partial charge in [0, 0.05) is 13.2 Å². The Morgan fingerprint density at radius 1 is 1.06 bits per heavy atom. The normalized spacial score (nSPS) is 12.9. The van der Waals surface area contributed by atoms with Crippen molar-refractivity contribution >= 4 is 0 Å². The molecule has 1 atom stereocenters. The number of aliphatic hydroxyl groups excluding tert-OH is 1. The van der Waals surface area contributed by atoms with Crippen molar-refractivity contribution in [2.24, 2.45) is 5.92 Å². The summed E-state index contributed by atoms with van der Waals surface area (Å²) in [7, 11) is 0. The van der Waals surface area contributed by atoms with E-state index < -0.39 is 0 Å². The first-order chi connectivity index (χ1) is 8.18. The standard InChI is InChI=1S/C15H24O2/c1-13(2)8-10-17-11-9-15(16)12-14-6-4-3-5-7-14/h3-7,13,15-16H,8-12H2,1-2H3. The van der Waals surface area contributed by atoms with Crippen molar-refractivity contribution in [1.82, 2.24) is 0 Å². The maximum absolute atomic E-state index is 9.83. The van der Waals surface area contributed by atoms with Gasteiger partial charge in [0.05, 0.1) is 6.10 Å². The molecule has 0 heterocycles. The lowest BCUT2D eigenvalue weighted by Gasteiger charge is -2.11. The molecule has 1 aromatic carbocycles. The van der Waals surface area contributed by atoms with Crippen LogP contribution in [0.1, 0.15) is 32.3 Å². The van der Waals surface area contributed by atoms with Crippen LogP contribution in [0.3, 0.4) is 0 Å². The van der Waals surface area contributed by atoms with Gasteiger partial charge in [0.2, 0.25) is 0 Å². The van der Waals surface area contributed by atoms with E-state index in [4.69, 9.17) is 4.74 Å². The smallest absolute Gasteiger partial charge is 0.0602 e. The van der Waals surface area contributed by atoms with E-state index in [1.807, 2.05) is 30.3 Å². The van der Waals surface area contributed by atoms with E-state index in [2.05, 4.69) is 13.8 Å². The summed E-state index contributed by atoms with van der Waals surface area (Å²) in [6.07, 6.45) is 2.23. The van der Waals surface area contributed by atoms with Gasteiger partial charge < -0.3 is 9.84 Å². The number of aliphatic hydroxyl groups is 1. The van der Waals surface area contributed by atoms with Gasteiger partial charge >= 0.3 is 0 Å². The highest BCUT2D eigenvalue weighted by Gasteiger charge is 2.05. The zero-order valence-corrected chi connectivity index (χ0v) is 10.9. The minimum atomic E-state index is -0.295. The second kappa shape index (κ2) is 8.26. The lowest BCUT2D eigenvalue weighted by Crippen LogP contribution is -2.14. The summed E-state index contributed by atoms with van der Waals surface area (Å²) in [5.41, 5.74) is 1.18. The molecule has 0 aliphatic rings. The molecule has 17 heavy (non-hydrogen) atoms. The molecule has 0 bridgehead atoms. The first-order valence-corrected chi connectivity index (χ1v) is 6.48. The van der Waals surface area contributed by atoms with Crippen LogP contribution in [-0.4, -0.2) is 24.4 Å². The SMILES string of the molecule is CC(C)CCOCCC(O)Cc1ccccc1. The molecule has 0 saturated heterocycles. The van der Waals surface area contributed by atoms with Gasteiger partial charge in [0.1, 0.15) is 0 Å². The van der Waals surface area contributed by atoms with Gasteiger partial charge in [-0.15, -0.1) is 0 Å². The third kappa shape index (κ3) is 7.14. The summed E-state index contributed by atoms with van der Waals surface area (Å²) >= 11 is 0. The molecule has 0 aromatic heterocycles. The zero-order valence-electron chi connectivity index (χ0n) is 10.9. The lowest BCUT2D eigenvalue weighted by molar-refractivity contribution is 0.0769. The van der Waals surface area contributed by atoms with Crippen LogP contribution >= 0.6 is 0 Å². The third-order valence-electron chi connectivity index (χ3n) is 2.75. The van der Waals surface area contributed by atoms with E-state index in [-0.39, 0.29) is 6.10 Å². The van der Waals surface area contributed by atoms with E-state index in [0.29, 0.717) is 25.4 Å². The zero-order chi connectivity index (χ0) is 12.5. The number of hydrogen-bond donors (Lipinski definition) is 1. The number of rotatable bonds is 8. The number of benzene rings is 1. The van der Waals surface area contributed by atoms with Crippen molar-refractivity contribution in [3.8, 4) is 0 Å². The number of hydrogen-bond acceptors (Lipinski definition) is 2. The summed E-state index contributed by atoms with van der Waals surface area (Å²) in [6.45, 7) is 5.83. The lowest BCUT2D eigenvalue weighted by atomic mass is 10.1. The van der Waals surface area contributed by atoms with Crippen LogP contribution in [0.5, 0.6) is 0 Å². The molecular formula is C15H24O2. The van der Waals surface area contributed by atoms with Gasteiger partial charge in [-0.1, -0.05) is 44.2 Å². The summed E-state index contributed by atoms with van der Waals surface area (Å²) in [5, 5.41) is 9.83. The molecule has 1 aromatic rings. The van der Waals surface area contributed by atoms with Gasteiger partial charge in [-0.2, -0.15) is 0 Å². The van der Waals surface area contributed by atoms with Crippen LogP contribution in [0.15, 0.2) is 30.3 Å². The topological polar surface area (TPSA) is 29.5 Å². The van der Waals surface area contributed by atoms with Crippen LogP contribution in [0, 0.1) is 5.92 Å². The second-order valence-electron chi connectivity index (χ2n) is 4.93. The van der Waals surface area contributed by atoms with Crippen LogP contribution in [0.4, 0.5) is 0 Å². The minimum absolute atomic E-state index is 0.295. The monoisotopic (exact) mass is 236 g/mol. The van der Waals surface area contributed by atoms with Crippen molar-refractivity contribution in [2.75, 3.05) is 13.2 Å². The van der Waals surface area contributed by atoms with Crippen LogP contribution < -0.4 is 0 Å². The van der Waals surface area contributed by atoms with Crippen LogP contribution in [-0.2, 0) is 11.2 Å². The Bertz CT molecular complexity index is 282. The second-order valence-corrected chi connectivity index (χ2v) is 4.93.